The summed E-state index contributed by atoms with van der Waals surface area (Å²) >= 11 is 0. The molecule has 3 N–H and O–H groups in total. The molecule has 0 aliphatic rings. The van der Waals surface area contributed by atoms with Crippen LogP contribution in [-0.2, 0) is 4.79 Å². The fourth-order valence-electron chi connectivity index (χ4n) is 1.15. The molecule has 2 amide bonds. The molecule has 0 bridgehead atoms. The van der Waals surface area contributed by atoms with E-state index in [1.165, 1.54) is 6.92 Å². The summed E-state index contributed by atoms with van der Waals surface area (Å²) in [5, 5.41) is 12.6. The zero-order chi connectivity index (χ0) is 13.9. The lowest BCUT2D eigenvalue weighted by molar-refractivity contribution is -0.384. The number of nitro groups is 1. The lowest BCUT2D eigenvalue weighted by atomic mass is 10.1. The molecule has 1 aromatic rings. The van der Waals surface area contributed by atoms with Gasteiger partial charge in [0.1, 0.15) is 11.9 Å². The Bertz CT molecular complexity index is 518. The van der Waals surface area contributed by atoms with Gasteiger partial charge in [-0.15, -0.1) is 0 Å². The third-order valence-corrected chi connectivity index (χ3v) is 2.18. The number of amides is 2. The maximum absolute atomic E-state index is 13.3. The van der Waals surface area contributed by atoms with Gasteiger partial charge in [0.05, 0.1) is 10.5 Å². The third kappa shape index (κ3) is 3.00. The number of carbonyl (C=O) groups excluding carboxylic acids is 2. The van der Waals surface area contributed by atoms with E-state index >= 15 is 0 Å². The average molecular weight is 255 g/mol. The van der Waals surface area contributed by atoms with Crippen LogP contribution in [0.1, 0.15) is 17.3 Å². The number of hydrogen-bond donors (Lipinski definition) is 2. The Morgan fingerprint density at radius 1 is 1.50 bits per heavy atom. The molecule has 0 spiro atoms. The van der Waals surface area contributed by atoms with Crippen LogP contribution in [0, 0.1) is 15.9 Å². The maximum atomic E-state index is 13.3. The largest absolute Gasteiger partial charge is 0.368 e. The highest BCUT2D eigenvalue weighted by molar-refractivity contribution is 5.97. The number of nitrogens with zero attached hydrogens (tertiary/aromatic N) is 1. The van der Waals surface area contributed by atoms with E-state index in [1.54, 1.807) is 0 Å². The first kappa shape index (κ1) is 13.6. The van der Waals surface area contributed by atoms with Crippen molar-refractivity contribution in [1.82, 2.24) is 5.32 Å². The fraction of sp³-hybridized carbons (Fsp3) is 0.200. The lowest BCUT2D eigenvalue weighted by Crippen LogP contribution is -2.42. The fourth-order valence-corrected chi connectivity index (χ4v) is 1.15. The smallest absolute Gasteiger partial charge is 0.270 e. The normalized spacial score (nSPS) is 11.7. The minimum Gasteiger partial charge on any atom is -0.368 e. The van der Waals surface area contributed by atoms with E-state index in [1.807, 2.05) is 0 Å². The molecule has 0 saturated carbocycles. The van der Waals surface area contributed by atoms with Crippen LogP contribution in [0.5, 0.6) is 0 Å². The molecular formula is C10H10FN3O4. The summed E-state index contributed by atoms with van der Waals surface area (Å²) in [7, 11) is 0. The number of nitrogens with one attached hydrogen (secondary N) is 1. The van der Waals surface area contributed by atoms with Crippen molar-refractivity contribution in [2.24, 2.45) is 5.73 Å². The molecule has 18 heavy (non-hydrogen) atoms. The second-order valence-electron chi connectivity index (χ2n) is 3.52. The number of nitro benzene ring substituents is 1. The van der Waals surface area contributed by atoms with Gasteiger partial charge in [0, 0.05) is 12.1 Å². The highest BCUT2D eigenvalue weighted by Crippen LogP contribution is 2.16. The van der Waals surface area contributed by atoms with Crippen molar-refractivity contribution < 1.29 is 18.9 Å². The molecule has 1 rings (SSSR count). The molecule has 0 aliphatic heterocycles. The summed E-state index contributed by atoms with van der Waals surface area (Å²) in [6.07, 6.45) is 0. The van der Waals surface area contributed by atoms with Crippen LogP contribution in [-0.4, -0.2) is 22.8 Å². The zero-order valence-corrected chi connectivity index (χ0v) is 9.34. The quantitative estimate of drug-likeness (QED) is 0.596. The van der Waals surface area contributed by atoms with Gasteiger partial charge >= 0.3 is 0 Å². The van der Waals surface area contributed by atoms with Crippen molar-refractivity contribution in [2.75, 3.05) is 0 Å². The summed E-state index contributed by atoms with van der Waals surface area (Å²) in [5.74, 6) is -2.66. The van der Waals surface area contributed by atoms with Crippen LogP contribution in [0.15, 0.2) is 18.2 Å². The van der Waals surface area contributed by atoms with Crippen LogP contribution in [0.25, 0.3) is 0 Å². The predicted molar refractivity (Wildman–Crippen MR) is 59.2 cm³/mol. The number of rotatable bonds is 4. The number of non-ortho nitro benzene ring substituents is 1. The molecule has 0 aromatic heterocycles. The van der Waals surface area contributed by atoms with Crippen molar-refractivity contribution in [3.63, 3.8) is 0 Å². The first-order valence-corrected chi connectivity index (χ1v) is 4.87. The van der Waals surface area contributed by atoms with Crippen LogP contribution in [0.2, 0.25) is 0 Å². The molecule has 96 valence electrons. The molecular weight excluding hydrogens is 245 g/mol. The van der Waals surface area contributed by atoms with Crippen LogP contribution < -0.4 is 11.1 Å². The SMILES string of the molecule is CC(NC(=O)c1cc([N+](=O)[O-])ccc1F)C(N)=O. The monoisotopic (exact) mass is 255 g/mol. The average Bonchev–Trinajstić information content (AvgIpc) is 2.28. The van der Waals surface area contributed by atoms with Crippen molar-refractivity contribution in [3.8, 4) is 0 Å². The van der Waals surface area contributed by atoms with Gasteiger partial charge in [-0.2, -0.15) is 0 Å². The lowest BCUT2D eigenvalue weighted by Gasteiger charge is -2.10. The van der Waals surface area contributed by atoms with E-state index in [0.29, 0.717) is 0 Å². The van der Waals surface area contributed by atoms with E-state index in [2.05, 4.69) is 5.32 Å². The van der Waals surface area contributed by atoms with E-state index in [4.69, 9.17) is 5.73 Å². The van der Waals surface area contributed by atoms with Gasteiger partial charge in [0.2, 0.25) is 5.91 Å². The molecule has 1 unspecified atom stereocenters. The van der Waals surface area contributed by atoms with E-state index in [-0.39, 0.29) is 0 Å². The number of primary amides is 1. The second-order valence-corrected chi connectivity index (χ2v) is 3.52. The molecule has 1 aromatic carbocycles. The van der Waals surface area contributed by atoms with Gasteiger partial charge < -0.3 is 11.1 Å². The van der Waals surface area contributed by atoms with Gasteiger partial charge in [-0.3, -0.25) is 19.7 Å². The summed E-state index contributed by atoms with van der Waals surface area (Å²) in [6.45, 7) is 1.31. The number of halogens is 1. The Hall–Kier alpha value is -2.51. The number of carbonyl (C=O) groups is 2. The molecule has 0 heterocycles. The van der Waals surface area contributed by atoms with E-state index < -0.39 is 39.8 Å². The van der Waals surface area contributed by atoms with Gasteiger partial charge in [-0.25, -0.2) is 4.39 Å². The Kier molecular flexibility index (Phi) is 3.93. The predicted octanol–water partition coefficient (Wildman–Crippen LogP) is 0.338. The number of benzene rings is 1. The van der Waals surface area contributed by atoms with Gasteiger partial charge in [-0.05, 0) is 13.0 Å². The molecule has 0 aliphatic carbocycles. The van der Waals surface area contributed by atoms with Gasteiger partial charge in [0.15, 0.2) is 0 Å². The van der Waals surface area contributed by atoms with Crippen molar-refractivity contribution in [3.05, 3.63) is 39.7 Å². The van der Waals surface area contributed by atoms with Crippen LogP contribution in [0.4, 0.5) is 10.1 Å². The maximum Gasteiger partial charge on any atom is 0.270 e. The van der Waals surface area contributed by atoms with Gasteiger partial charge in [0.25, 0.3) is 11.6 Å². The second kappa shape index (κ2) is 5.21. The minimum absolute atomic E-state index is 0.423. The summed E-state index contributed by atoms with van der Waals surface area (Å²) in [6, 6.07) is 1.53. The van der Waals surface area contributed by atoms with E-state index in [9.17, 15) is 24.1 Å². The molecule has 0 saturated heterocycles. The Balaban J connectivity index is 3.01. The third-order valence-electron chi connectivity index (χ3n) is 2.18. The zero-order valence-electron chi connectivity index (χ0n) is 9.34. The number of nitrogens with two attached hydrogens (primary N) is 1. The first-order chi connectivity index (χ1) is 8.32. The number of hydrogen-bond acceptors (Lipinski definition) is 4. The standard InChI is InChI=1S/C10H10FN3O4/c1-5(9(12)15)13-10(16)7-4-6(14(17)18)2-3-8(7)11/h2-5H,1H3,(H2,12,15)(H,13,16). The molecule has 0 fully saturated rings. The summed E-state index contributed by atoms with van der Waals surface area (Å²) in [4.78, 5) is 32.0. The van der Waals surface area contributed by atoms with Crippen molar-refractivity contribution >= 4 is 17.5 Å². The van der Waals surface area contributed by atoms with Crippen molar-refractivity contribution in [1.29, 1.82) is 0 Å². The molecule has 1 atom stereocenters. The summed E-state index contributed by atoms with van der Waals surface area (Å²) < 4.78 is 13.3. The summed E-state index contributed by atoms with van der Waals surface area (Å²) in [5.41, 5.74) is 3.98. The highest BCUT2D eigenvalue weighted by Gasteiger charge is 2.19. The van der Waals surface area contributed by atoms with Crippen LogP contribution >= 0.6 is 0 Å². The first-order valence-electron chi connectivity index (χ1n) is 4.87. The van der Waals surface area contributed by atoms with Crippen LogP contribution in [0.3, 0.4) is 0 Å². The van der Waals surface area contributed by atoms with E-state index in [0.717, 1.165) is 18.2 Å². The van der Waals surface area contributed by atoms with Crippen molar-refractivity contribution in [2.45, 2.75) is 13.0 Å². The Morgan fingerprint density at radius 2 is 2.11 bits per heavy atom. The molecule has 0 radical (unpaired) electrons. The highest BCUT2D eigenvalue weighted by atomic mass is 19.1. The molecule has 7 nitrogen and oxygen atoms in total. The topological polar surface area (TPSA) is 115 Å². The Morgan fingerprint density at radius 3 is 2.61 bits per heavy atom. The Labute approximate surface area is 101 Å². The molecule has 8 heteroatoms. The van der Waals surface area contributed by atoms with Gasteiger partial charge in [-0.1, -0.05) is 0 Å². The minimum atomic E-state index is -1.00.